The van der Waals surface area contributed by atoms with Crippen LogP contribution in [0.4, 0.5) is 0 Å². The molecule has 0 aromatic heterocycles. The van der Waals surface area contributed by atoms with E-state index < -0.39 is 11.6 Å². The smallest absolute Gasteiger partial charge is 0.246 e. The number of hydrogen-bond donors (Lipinski definition) is 3. The summed E-state index contributed by atoms with van der Waals surface area (Å²) < 4.78 is 16.2. The van der Waals surface area contributed by atoms with Crippen LogP contribution in [0.1, 0.15) is 31.2 Å². The fourth-order valence-electron chi connectivity index (χ4n) is 4.48. The molecule has 2 heterocycles. The number of methoxy groups -OCH3 is 1. The van der Waals surface area contributed by atoms with Crippen molar-refractivity contribution in [3.8, 4) is 18.1 Å². The summed E-state index contributed by atoms with van der Waals surface area (Å²) in [6, 6.07) is 7.07. The summed E-state index contributed by atoms with van der Waals surface area (Å²) >= 11 is 0. The van der Waals surface area contributed by atoms with E-state index in [1.54, 1.807) is 7.11 Å². The highest BCUT2D eigenvalue weighted by atomic mass is 16.5. The predicted molar refractivity (Wildman–Crippen MR) is 133 cm³/mol. The minimum atomic E-state index is -0.848. The van der Waals surface area contributed by atoms with Crippen molar-refractivity contribution in [1.29, 1.82) is 0 Å². The van der Waals surface area contributed by atoms with Crippen molar-refractivity contribution >= 4 is 17.7 Å². The first-order chi connectivity index (χ1) is 17.4. The Hall–Kier alpha value is -3.13. The second-order valence-electron chi connectivity index (χ2n) is 9.12. The highest BCUT2D eigenvalue weighted by Crippen LogP contribution is 2.28. The van der Waals surface area contributed by atoms with Gasteiger partial charge in [-0.05, 0) is 30.5 Å². The Kier molecular flexibility index (Phi) is 10.5. The van der Waals surface area contributed by atoms with E-state index in [1.807, 2.05) is 24.3 Å². The number of hydrogen-bond acceptors (Lipinski definition) is 7. The maximum Gasteiger partial charge on any atom is 0.246 e. The van der Waals surface area contributed by atoms with Gasteiger partial charge in [0.1, 0.15) is 18.4 Å². The van der Waals surface area contributed by atoms with E-state index >= 15 is 0 Å². The molecule has 2 saturated heterocycles. The fraction of sp³-hybridized carbons (Fsp3) is 0.577. The number of carbonyl (C=O) groups is 3. The van der Waals surface area contributed by atoms with E-state index in [1.165, 1.54) is 0 Å². The van der Waals surface area contributed by atoms with Crippen molar-refractivity contribution in [3.05, 3.63) is 29.8 Å². The average Bonchev–Trinajstić information content (AvgIpc) is 2.86. The number of amides is 3. The summed E-state index contributed by atoms with van der Waals surface area (Å²) in [6.45, 7) is 3.12. The van der Waals surface area contributed by atoms with Crippen LogP contribution in [-0.4, -0.2) is 87.4 Å². The number of benzene rings is 1. The zero-order valence-electron chi connectivity index (χ0n) is 20.8. The highest BCUT2D eigenvalue weighted by Gasteiger charge is 2.38. The third-order valence-corrected chi connectivity index (χ3v) is 6.38. The van der Waals surface area contributed by atoms with Gasteiger partial charge in [0, 0.05) is 39.0 Å². The number of carbonyl (C=O) groups excluding carboxylic acids is 3. The van der Waals surface area contributed by atoms with Crippen LogP contribution >= 0.6 is 0 Å². The lowest BCUT2D eigenvalue weighted by molar-refractivity contribution is -0.133. The summed E-state index contributed by atoms with van der Waals surface area (Å²) in [5, 5.41) is 8.54. The predicted octanol–water partition coefficient (Wildman–Crippen LogP) is 0.207. The lowest BCUT2D eigenvalue weighted by atomic mass is 9.83. The normalized spacial score (nSPS) is 22.7. The molecule has 36 heavy (non-hydrogen) atoms. The van der Waals surface area contributed by atoms with Crippen LogP contribution in [0, 0.1) is 12.3 Å². The SMILES string of the molecule is C#CC[C@H]1NC(=O)CC2(CCN(Cc3cccc(OC)c3)CC2)NC(=O)COCCOCCNC1=O. The molecule has 3 amide bonds. The number of rotatable bonds is 4. The zero-order chi connectivity index (χ0) is 25.8. The Morgan fingerprint density at radius 2 is 1.92 bits per heavy atom. The maximum absolute atomic E-state index is 13.0. The van der Waals surface area contributed by atoms with Crippen LogP contribution in [0.15, 0.2) is 24.3 Å². The van der Waals surface area contributed by atoms with Crippen LogP contribution in [0.3, 0.4) is 0 Å². The quantitative estimate of drug-likeness (QED) is 0.506. The number of likely N-dealkylation sites (tertiary alicyclic amines) is 1. The maximum atomic E-state index is 13.0. The average molecular weight is 501 g/mol. The second kappa shape index (κ2) is 13.8. The van der Waals surface area contributed by atoms with E-state index in [0.717, 1.165) is 17.9 Å². The number of terminal acetylenes is 1. The molecule has 196 valence electrons. The van der Waals surface area contributed by atoms with E-state index in [0.29, 0.717) is 32.5 Å². The second-order valence-corrected chi connectivity index (χ2v) is 9.12. The van der Waals surface area contributed by atoms with Crippen molar-refractivity contribution in [2.24, 2.45) is 0 Å². The molecule has 0 aliphatic carbocycles. The van der Waals surface area contributed by atoms with Crippen molar-refractivity contribution in [3.63, 3.8) is 0 Å². The van der Waals surface area contributed by atoms with Gasteiger partial charge in [-0.25, -0.2) is 0 Å². The first-order valence-electron chi connectivity index (χ1n) is 12.3. The lowest BCUT2D eigenvalue weighted by Gasteiger charge is -2.42. The molecule has 1 aromatic rings. The van der Waals surface area contributed by atoms with E-state index in [-0.39, 0.29) is 56.9 Å². The molecule has 0 radical (unpaired) electrons. The van der Waals surface area contributed by atoms with Crippen molar-refractivity contribution in [1.82, 2.24) is 20.9 Å². The van der Waals surface area contributed by atoms with E-state index in [4.69, 9.17) is 20.6 Å². The van der Waals surface area contributed by atoms with Gasteiger partial charge >= 0.3 is 0 Å². The van der Waals surface area contributed by atoms with Crippen molar-refractivity contribution in [2.75, 3.05) is 53.2 Å². The molecular weight excluding hydrogens is 464 g/mol. The van der Waals surface area contributed by atoms with Gasteiger partial charge < -0.3 is 30.2 Å². The van der Waals surface area contributed by atoms with Gasteiger partial charge in [0.15, 0.2) is 0 Å². The van der Waals surface area contributed by atoms with Gasteiger partial charge in [-0.3, -0.25) is 19.3 Å². The van der Waals surface area contributed by atoms with Gasteiger partial charge in [0.2, 0.25) is 17.7 Å². The molecule has 1 aromatic carbocycles. The summed E-state index contributed by atoms with van der Waals surface area (Å²) in [5.74, 6) is 2.27. The number of nitrogens with zero attached hydrogens (tertiary/aromatic N) is 1. The van der Waals surface area contributed by atoms with Crippen molar-refractivity contribution < 1.29 is 28.6 Å². The molecule has 1 atom stereocenters. The van der Waals surface area contributed by atoms with Crippen LogP contribution < -0.4 is 20.7 Å². The van der Waals surface area contributed by atoms with Crippen LogP contribution in [0.5, 0.6) is 5.75 Å². The molecule has 2 fully saturated rings. The first-order valence-corrected chi connectivity index (χ1v) is 12.3. The number of piperidine rings is 1. The monoisotopic (exact) mass is 500 g/mol. The van der Waals surface area contributed by atoms with E-state index in [9.17, 15) is 14.4 Å². The zero-order valence-corrected chi connectivity index (χ0v) is 20.8. The molecule has 3 N–H and O–H groups in total. The van der Waals surface area contributed by atoms with Crippen LogP contribution in [-0.2, 0) is 30.4 Å². The Labute approximate surface area is 212 Å². The Morgan fingerprint density at radius 3 is 2.67 bits per heavy atom. The largest absolute Gasteiger partial charge is 0.497 e. The lowest BCUT2D eigenvalue weighted by Crippen LogP contribution is -2.58. The fourth-order valence-corrected chi connectivity index (χ4v) is 4.48. The summed E-state index contributed by atoms with van der Waals surface area (Å²) in [7, 11) is 1.64. The van der Waals surface area contributed by atoms with Crippen molar-refractivity contribution in [2.45, 2.75) is 43.8 Å². The molecule has 0 bridgehead atoms. The van der Waals surface area contributed by atoms with Gasteiger partial charge in [-0.2, -0.15) is 0 Å². The molecule has 10 heteroatoms. The summed E-state index contributed by atoms with van der Waals surface area (Å²) in [5.41, 5.74) is 0.379. The standard InChI is InChI=1S/C26H36N4O6/c1-3-5-22-25(33)27-10-13-35-14-15-36-19-24(32)29-26(17-23(31)28-22)8-11-30(12-9-26)18-20-6-4-7-21(16-20)34-2/h1,4,6-7,16,22H,5,8-15,17-19H2,2H3,(H,27,33)(H,28,31)(H,29,32)/t22-/m1/s1. The molecule has 0 unspecified atom stereocenters. The molecule has 10 nitrogen and oxygen atoms in total. The molecule has 1 spiro atoms. The third kappa shape index (κ3) is 8.52. The number of ether oxygens (including phenoxy) is 3. The molecule has 0 saturated carbocycles. The minimum Gasteiger partial charge on any atom is -0.497 e. The molecule has 3 rings (SSSR count). The highest BCUT2D eigenvalue weighted by molar-refractivity contribution is 5.88. The minimum absolute atomic E-state index is 0.0448. The Bertz CT molecular complexity index is 939. The molecule has 2 aliphatic rings. The molecular formula is C26H36N4O6. The molecule has 2 aliphatic heterocycles. The van der Waals surface area contributed by atoms with Crippen LogP contribution in [0.2, 0.25) is 0 Å². The number of nitrogens with one attached hydrogen (secondary N) is 3. The van der Waals surface area contributed by atoms with Gasteiger partial charge in [0.25, 0.3) is 0 Å². The van der Waals surface area contributed by atoms with Crippen LogP contribution in [0.25, 0.3) is 0 Å². The topological polar surface area (TPSA) is 118 Å². The Morgan fingerprint density at radius 1 is 1.14 bits per heavy atom. The van der Waals surface area contributed by atoms with Gasteiger partial charge in [-0.1, -0.05) is 12.1 Å². The van der Waals surface area contributed by atoms with E-state index in [2.05, 4.69) is 26.8 Å². The third-order valence-electron chi connectivity index (χ3n) is 6.38. The Balaban J connectivity index is 1.69. The summed E-state index contributed by atoms with van der Waals surface area (Å²) in [4.78, 5) is 40.5. The summed E-state index contributed by atoms with van der Waals surface area (Å²) in [6.07, 6.45) is 6.69. The first kappa shape index (κ1) is 27.5. The van der Waals surface area contributed by atoms with Gasteiger partial charge in [0.05, 0.1) is 32.5 Å². The van der Waals surface area contributed by atoms with Gasteiger partial charge in [-0.15, -0.1) is 12.3 Å².